The van der Waals surface area contributed by atoms with Gasteiger partial charge in [0.2, 0.25) is 5.88 Å². The average molecular weight is 352 g/mol. The van der Waals surface area contributed by atoms with Crippen molar-refractivity contribution in [2.24, 2.45) is 11.7 Å². The van der Waals surface area contributed by atoms with Crippen LogP contribution in [0.15, 0.2) is 18.5 Å². The zero-order valence-corrected chi connectivity index (χ0v) is 15.2. The van der Waals surface area contributed by atoms with Gasteiger partial charge in [-0.2, -0.15) is 11.8 Å². The third-order valence-electron chi connectivity index (χ3n) is 4.27. The van der Waals surface area contributed by atoms with E-state index in [9.17, 15) is 0 Å². The number of fused-ring (bicyclic) bond motifs is 1. The highest BCUT2D eigenvalue weighted by Crippen LogP contribution is 2.37. The van der Waals surface area contributed by atoms with E-state index in [-0.39, 0.29) is 6.10 Å². The Morgan fingerprint density at radius 1 is 1.30 bits per heavy atom. The van der Waals surface area contributed by atoms with E-state index in [0.29, 0.717) is 11.0 Å². The molecule has 0 aromatic carbocycles. The van der Waals surface area contributed by atoms with Crippen molar-refractivity contribution in [1.82, 2.24) is 9.97 Å². The van der Waals surface area contributed by atoms with E-state index in [1.54, 1.807) is 12.4 Å². The molecule has 0 radical (unpaired) electrons. The Bertz CT molecular complexity index is 711. The predicted octanol–water partition coefficient (Wildman–Crippen LogP) is 4.00. The molecule has 0 saturated heterocycles. The van der Waals surface area contributed by atoms with Crippen LogP contribution >= 0.6 is 23.4 Å². The SMILES string of the molecule is CSCC1CC(Oc2ncc(C(C)(C)N)c3cc(Cl)ncc23)C1. The number of nitrogens with two attached hydrogens (primary N) is 1. The molecule has 4 nitrogen and oxygen atoms in total. The van der Waals surface area contributed by atoms with Crippen LogP contribution in [0.3, 0.4) is 0 Å². The molecule has 1 fully saturated rings. The maximum atomic E-state index is 6.27. The fourth-order valence-corrected chi connectivity index (χ4v) is 3.89. The number of hydrogen-bond donors (Lipinski definition) is 1. The molecule has 0 unspecified atom stereocenters. The van der Waals surface area contributed by atoms with Crippen LogP contribution in [0.5, 0.6) is 5.88 Å². The molecule has 23 heavy (non-hydrogen) atoms. The van der Waals surface area contributed by atoms with Crippen LogP contribution in [0.25, 0.3) is 10.8 Å². The van der Waals surface area contributed by atoms with Crippen molar-refractivity contribution in [3.63, 3.8) is 0 Å². The van der Waals surface area contributed by atoms with Gasteiger partial charge in [-0.25, -0.2) is 9.97 Å². The summed E-state index contributed by atoms with van der Waals surface area (Å²) in [5.74, 6) is 2.59. The first-order valence-corrected chi connectivity index (χ1v) is 9.55. The van der Waals surface area contributed by atoms with Crippen molar-refractivity contribution in [3.05, 3.63) is 29.2 Å². The molecule has 3 rings (SSSR count). The van der Waals surface area contributed by atoms with Crippen molar-refractivity contribution in [2.45, 2.75) is 38.3 Å². The van der Waals surface area contributed by atoms with Crippen LogP contribution < -0.4 is 10.5 Å². The monoisotopic (exact) mass is 351 g/mol. The minimum atomic E-state index is -0.506. The average Bonchev–Trinajstić information content (AvgIpc) is 2.43. The Balaban J connectivity index is 1.91. The second-order valence-electron chi connectivity index (χ2n) is 6.78. The van der Waals surface area contributed by atoms with E-state index in [0.717, 1.165) is 35.1 Å². The van der Waals surface area contributed by atoms with Gasteiger partial charge in [0.05, 0.1) is 5.39 Å². The van der Waals surface area contributed by atoms with Gasteiger partial charge in [-0.05, 0) is 61.6 Å². The van der Waals surface area contributed by atoms with Crippen LogP contribution in [-0.4, -0.2) is 28.1 Å². The lowest BCUT2D eigenvalue weighted by Crippen LogP contribution is -2.35. The van der Waals surface area contributed by atoms with Gasteiger partial charge < -0.3 is 10.5 Å². The fraction of sp³-hybridized carbons (Fsp3) is 0.529. The highest BCUT2D eigenvalue weighted by Gasteiger charge is 2.31. The molecule has 2 aromatic heterocycles. The lowest BCUT2D eigenvalue weighted by atomic mass is 9.84. The van der Waals surface area contributed by atoms with E-state index in [1.807, 2.05) is 31.7 Å². The maximum absolute atomic E-state index is 6.27. The van der Waals surface area contributed by atoms with Crippen LogP contribution in [0.1, 0.15) is 32.3 Å². The summed E-state index contributed by atoms with van der Waals surface area (Å²) in [6.45, 7) is 3.91. The van der Waals surface area contributed by atoms with Gasteiger partial charge in [0.1, 0.15) is 11.3 Å². The highest BCUT2D eigenvalue weighted by molar-refractivity contribution is 7.98. The fourth-order valence-electron chi connectivity index (χ4n) is 2.99. The highest BCUT2D eigenvalue weighted by atomic mass is 35.5. The molecule has 1 aliphatic carbocycles. The van der Waals surface area contributed by atoms with Crippen LogP contribution in [0.2, 0.25) is 5.15 Å². The van der Waals surface area contributed by atoms with E-state index in [1.165, 1.54) is 5.75 Å². The van der Waals surface area contributed by atoms with E-state index < -0.39 is 5.54 Å². The number of halogens is 1. The number of ether oxygens (including phenoxy) is 1. The molecule has 0 spiro atoms. The lowest BCUT2D eigenvalue weighted by Gasteiger charge is -2.35. The Hall–Kier alpha value is -1.04. The van der Waals surface area contributed by atoms with Gasteiger partial charge in [0.15, 0.2) is 0 Å². The zero-order chi connectivity index (χ0) is 16.6. The van der Waals surface area contributed by atoms with Crippen molar-refractivity contribution in [1.29, 1.82) is 0 Å². The summed E-state index contributed by atoms with van der Waals surface area (Å²) >= 11 is 7.97. The molecular formula is C17H22ClN3OS. The number of thioether (sulfide) groups is 1. The van der Waals surface area contributed by atoms with Crippen molar-refractivity contribution in [3.8, 4) is 5.88 Å². The van der Waals surface area contributed by atoms with Gasteiger partial charge in [-0.1, -0.05) is 11.6 Å². The van der Waals surface area contributed by atoms with Gasteiger partial charge in [-0.3, -0.25) is 0 Å². The number of nitrogens with zero attached hydrogens (tertiary/aromatic N) is 2. The molecule has 2 aromatic rings. The van der Waals surface area contributed by atoms with Crippen LogP contribution in [0, 0.1) is 5.92 Å². The third-order valence-corrected chi connectivity index (χ3v) is 5.28. The molecule has 124 valence electrons. The Kier molecular flexibility index (Phi) is 4.72. The molecule has 1 saturated carbocycles. The minimum Gasteiger partial charge on any atom is -0.474 e. The second kappa shape index (κ2) is 6.46. The number of aromatic nitrogens is 2. The summed E-state index contributed by atoms with van der Waals surface area (Å²) in [6, 6.07) is 1.84. The first kappa shape index (κ1) is 16.8. The van der Waals surface area contributed by atoms with Crippen molar-refractivity contribution < 1.29 is 4.74 Å². The summed E-state index contributed by atoms with van der Waals surface area (Å²) in [7, 11) is 0. The summed E-state index contributed by atoms with van der Waals surface area (Å²) in [4.78, 5) is 8.69. The number of hydrogen-bond acceptors (Lipinski definition) is 5. The number of rotatable bonds is 5. The van der Waals surface area contributed by atoms with Crippen LogP contribution in [-0.2, 0) is 5.54 Å². The van der Waals surface area contributed by atoms with Crippen molar-refractivity contribution >= 4 is 34.1 Å². The van der Waals surface area contributed by atoms with E-state index in [2.05, 4.69) is 16.2 Å². The molecule has 0 amide bonds. The minimum absolute atomic E-state index is 0.246. The van der Waals surface area contributed by atoms with E-state index in [4.69, 9.17) is 22.1 Å². The van der Waals surface area contributed by atoms with Crippen LogP contribution in [0.4, 0.5) is 0 Å². The van der Waals surface area contributed by atoms with E-state index >= 15 is 0 Å². The second-order valence-corrected chi connectivity index (χ2v) is 8.08. The molecule has 0 atom stereocenters. The normalized spacial score (nSPS) is 21.3. The maximum Gasteiger partial charge on any atom is 0.223 e. The smallest absolute Gasteiger partial charge is 0.223 e. The molecule has 1 aliphatic rings. The molecule has 6 heteroatoms. The van der Waals surface area contributed by atoms with Gasteiger partial charge >= 0.3 is 0 Å². The lowest BCUT2D eigenvalue weighted by molar-refractivity contribution is 0.0732. The molecular weight excluding hydrogens is 330 g/mol. The summed E-state index contributed by atoms with van der Waals surface area (Å²) < 4.78 is 6.10. The molecule has 0 aliphatic heterocycles. The van der Waals surface area contributed by atoms with Gasteiger partial charge in [-0.15, -0.1) is 0 Å². The van der Waals surface area contributed by atoms with Gasteiger partial charge in [0.25, 0.3) is 0 Å². The summed E-state index contributed by atoms with van der Waals surface area (Å²) in [5.41, 5.74) is 6.70. The summed E-state index contributed by atoms with van der Waals surface area (Å²) in [6.07, 6.45) is 8.10. The molecule has 0 bridgehead atoms. The topological polar surface area (TPSA) is 61.0 Å². The first-order chi connectivity index (χ1) is 10.9. The predicted molar refractivity (Wildman–Crippen MR) is 97.3 cm³/mol. The third kappa shape index (κ3) is 3.57. The Morgan fingerprint density at radius 2 is 2.04 bits per heavy atom. The molecule has 2 heterocycles. The standard InChI is InChI=1S/C17H22ClN3OS/c1-17(2,19)14-8-21-16(13-7-20-15(18)6-12(13)14)22-11-4-10(5-11)9-23-3/h6-8,10-11H,4-5,9,19H2,1-3H3. The summed E-state index contributed by atoms with van der Waals surface area (Å²) in [5, 5.41) is 2.28. The van der Waals surface area contributed by atoms with Gasteiger partial charge in [0, 0.05) is 17.9 Å². The quantitative estimate of drug-likeness (QED) is 0.825. The number of pyridine rings is 2. The Labute approximate surface area is 146 Å². The largest absolute Gasteiger partial charge is 0.474 e. The Morgan fingerprint density at radius 3 is 2.70 bits per heavy atom. The zero-order valence-electron chi connectivity index (χ0n) is 13.7. The first-order valence-electron chi connectivity index (χ1n) is 7.77. The van der Waals surface area contributed by atoms with Crippen molar-refractivity contribution in [2.75, 3.05) is 12.0 Å². The molecule has 2 N–H and O–H groups in total.